The molecular weight excluding hydrogens is 520 g/mol. The number of piperidine rings is 1. The van der Waals surface area contributed by atoms with Crippen molar-refractivity contribution in [1.29, 1.82) is 0 Å². The first-order chi connectivity index (χ1) is 18.5. The Balaban J connectivity index is 0.000000532. The van der Waals surface area contributed by atoms with Crippen molar-refractivity contribution in [3.8, 4) is 0 Å². The second-order valence-electron chi connectivity index (χ2n) is 9.37. The smallest absolute Gasteiger partial charge is 0.475 e. The highest BCUT2D eigenvalue weighted by molar-refractivity contribution is 5.96. The van der Waals surface area contributed by atoms with E-state index in [0.717, 1.165) is 45.6 Å². The van der Waals surface area contributed by atoms with Crippen molar-refractivity contribution >= 4 is 17.8 Å². The largest absolute Gasteiger partial charge is 0.490 e. The van der Waals surface area contributed by atoms with E-state index in [1.54, 1.807) is 17.0 Å². The maximum Gasteiger partial charge on any atom is 0.490 e. The zero-order chi connectivity index (χ0) is 28.4. The molecule has 2 fully saturated rings. The molecule has 2 aliphatic heterocycles. The highest BCUT2D eigenvalue weighted by Crippen LogP contribution is 2.21. The molecule has 2 heterocycles. The number of carbonyl (C=O) groups excluding carboxylic acids is 2. The third kappa shape index (κ3) is 9.32. The van der Waals surface area contributed by atoms with E-state index < -0.39 is 18.0 Å². The summed E-state index contributed by atoms with van der Waals surface area (Å²) in [4.78, 5) is 41.1. The molecule has 2 N–H and O–H groups in total. The standard InChI is InChI=1S/C25H31FN4O2.C2HF3O2/c26-22-8-4-7-21(17-22)25(32)30(19-24(31)29-15-11-27-12-16-29)23-9-13-28(14-10-23)18-20-5-2-1-3-6-20;3-2(4,5)1(6)7/h1-8,17,23,27H,9-16,18-19H2;(H,6,7). The maximum atomic E-state index is 13.8. The molecule has 8 nitrogen and oxygen atoms in total. The Hall–Kier alpha value is -3.51. The van der Waals surface area contributed by atoms with Gasteiger partial charge in [-0.2, -0.15) is 13.2 Å². The van der Waals surface area contributed by atoms with Crippen LogP contribution in [0.2, 0.25) is 0 Å². The van der Waals surface area contributed by atoms with Gasteiger partial charge in [0.2, 0.25) is 5.91 Å². The van der Waals surface area contributed by atoms with Crippen LogP contribution in [0, 0.1) is 5.82 Å². The number of nitrogens with one attached hydrogen (secondary N) is 1. The van der Waals surface area contributed by atoms with Gasteiger partial charge in [-0.15, -0.1) is 0 Å². The number of carbonyl (C=O) groups is 3. The van der Waals surface area contributed by atoms with Crippen LogP contribution >= 0.6 is 0 Å². The van der Waals surface area contributed by atoms with E-state index in [1.165, 1.54) is 17.7 Å². The molecule has 212 valence electrons. The van der Waals surface area contributed by atoms with Gasteiger partial charge < -0.3 is 20.2 Å². The van der Waals surface area contributed by atoms with Gasteiger partial charge in [0.05, 0.1) is 0 Å². The number of carboxylic acids is 1. The lowest BCUT2D eigenvalue weighted by Gasteiger charge is -2.39. The first-order valence-corrected chi connectivity index (χ1v) is 12.7. The topological polar surface area (TPSA) is 93.2 Å². The second-order valence-corrected chi connectivity index (χ2v) is 9.37. The maximum absolute atomic E-state index is 13.8. The Bertz CT molecular complexity index is 1100. The number of rotatable bonds is 6. The van der Waals surface area contributed by atoms with E-state index in [1.807, 2.05) is 23.1 Å². The van der Waals surface area contributed by atoms with Crippen molar-refractivity contribution in [2.75, 3.05) is 45.8 Å². The van der Waals surface area contributed by atoms with E-state index in [4.69, 9.17) is 9.90 Å². The summed E-state index contributed by atoms with van der Waals surface area (Å²) in [6.07, 6.45) is -3.49. The average Bonchev–Trinajstić information content (AvgIpc) is 2.93. The Morgan fingerprint density at radius 2 is 1.56 bits per heavy atom. The van der Waals surface area contributed by atoms with E-state index in [0.29, 0.717) is 18.7 Å². The van der Waals surface area contributed by atoms with Crippen LogP contribution in [0.5, 0.6) is 0 Å². The molecule has 12 heteroatoms. The number of halogens is 4. The minimum absolute atomic E-state index is 0.0374. The third-order valence-electron chi connectivity index (χ3n) is 6.60. The van der Waals surface area contributed by atoms with Crippen LogP contribution in [-0.2, 0) is 16.1 Å². The molecule has 0 radical (unpaired) electrons. The molecule has 39 heavy (non-hydrogen) atoms. The van der Waals surface area contributed by atoms with Crippen LogP contribution in [0.3, 0.4) is 0 Å². The summed E-state index contributed by atoms with van der Waals surface area (Å²) in [5.74, 6) is -3.51. The molecule has 0 aromatic heterocycles. The molecule has 0 saturated carbocycles. The van der Waals surface area contributed by atoms with E-state index in [-0.39, 0.29) is 24.4 Å². The molecule has 2 aromatic rings. The zero-order valence-electron chi connectivity index (χ0n) is 21.4. The van der Waals surface area contributed by atoms with Gasteiger partial charge in [-0.3, -0.25) is 14.5 Å². The monoisotopic (exact) mass is 552 g/mol. The predicted molar refractivity (Wildman–Crippen MR) is 135 cm³/mol. The number of hydrogen-bond donors (Lipinski definition) is 2. The minimum atomic E-state index is -5.08. The molecular formula is C27H32F4N4O4. The summed E-state index contributed by atoms with van der Waals surface area (Å²) >= 11 is 0. The van der Waals surface area contributed by atoms with Crippen LogP contribution in [0.1, 0.15) is 28.8 Å². The fourth-order valence-corrected chi connectivity index (χ4v) is 4.54. The lowest BCUT2D eigenvalue weighted by atomic mass is 10.0. The number of carboxylic acid groups (broad SMARTS) is 1. The lowest BCUT2D eigenvalue weighted by molar-refractivity contribution is -0.192. The molecule has 2 saturated heterocycles. The number of hydrogen-bond acceptors (Lipinski definition) is 5. The number of aliphatic carboxylic acids is 1. The van der Waals surface area contributed by atoms with Gasteiger partial charge in [0, 0.05) is 57.4 Å². The summed E-state index contributed by atoms with van der Waals surface area (Å²) in [6.45, 7) is 5.46. The first kappa shape index (κ1) is 30.0. The predicted octanol–water partition coefficient (Wildman–Crippen LogP) is 3.00. The van der Waals surface area contributed by atoms with Crippen LogP contribution in [0.25, 0.3) is 0 Å². The quantitative estimate of drug-likeness (QED) is 0.536. The van der Waals surface area contributed by atoms with Crippen LogP contribution in [0.15, 0.2) is 54.6 Å². The number of benzene rings is 2. The van der Waals surface area contributed by atoms with Crippen LogP contribution in [-0.4, -0.2) is 95.6 Å². The van der Waals surface area contributed by atoms with Gasteiger partial charge in [-0.05, 0) is 36.6 Å². The number of nitrogens with zero attached hydrogens (tertiary/aromatic N) is 3. The Labute approximate surface area is 224 Å². The highest BCUT2D eigenvalue weighted by Gasteiger charge is 2.38. The minimum Gasteiger partial charge on any atom is -0.475 e. The van der Waals surface area contributed by atoms with E-state index in [2.05, 4.69) is 22.3 Å². The van der Waals surface area contributed by atoms with Crippen LogP contribution < -0.4 is 5.32 Å². The summed E-state index contributed by atoms with van der Waals surface area (Å²) in [7, 11) is 0. The Morgan fingerprint density at radius 1 is 0.949 bits per heavy atom. The Kier molecular flexibility index (Phi) is 10.8. The molecule has 2 amide bonds. The van der Waals surface area contributed by atoms with Crippen molar-refractivity contribution in [3.05, 3.63) is 71.5 Å². The molecule has 0 unspecified atom stereocenters. The molecule has 2 aliphatic rings. The molecule has 0 aliphatic carbocycles. The second kappa shape index (κ2) is 14.0. The summed E-state index contributed by atoms with van der Waals surface area (Å²) in [6, 6.07) is 16.1. The SMILES string of the molecule is O=C(CN(C(=O)c1cccc(F)c1)C1CCN(Cc2ccccc2)CC1)N1CCNCC1.O=C(O)C(F)(F)F. The van der Waals surface area contributed by atoms with Gasteiger partial charge in [0.1, 0.15) is 12.4 Å². The van der Waals surface area contributed by atoms with E-state index >= 15 is 0 Å². The molecule has 2 aromatic carbocycles. The van der Waals surface area contributed by atoms with Gasteiger partial charge >= 0.3 is 12.1 Å². The molecule has 0 spiro atoms. The number of piperazine rings is 1. The van der Waals surface area contributed by atoms with Crippen molar-refractivity contribution in [2.24, 2.45) is 0 Å². The highest BCUT2D eigenvalue weighted by atomic mass is 19.4. The normalized spacial score (nSPS) is 16.7. The van der Waals surface area contributed by atoms with Crippen LogP contribution in [0.4, 0.5) is 17.6 Å². The molecule has 4 rings (SSSR count). The zero-order valence-corrected chi connectivity index (χ0v) is 21.4. The van der Waals surface area contributed by atoms with Crippen molar-refractivity contribution < 1.29 is 37.1 Å². The summed E-state index contributed by atoms with van der Waals surface area (Å²) < 4.78 is 45.5. The van der Waals surface area contributed by atoms with E-state index in [9.17, 15) is 27.2 Å². The Morgan fingerprint density at radius 3 is 2.13 bits per heavy atom. The summed E-state index contributed by atoms with van der Waals surface area (Å²) in [5.41, 5.74) is 1.57. The average molecular weight is 553 g/mol. The first-order valence-electron chi connectivity index (χ1n) is 12.7. The number of amides is 2. The fraction of sp³-hybridized carbons (Fsp3) is 0.444. The van der Waals surface area contributed by atoms with Crippen molar-refractivity contribution in [1.82, 2.24) is 20.0 Å². The number of alkyl halides is 3. The molecule has 0 bridgehead atoms. The fourth-order valence-electron chi connectivity index (χ4n) is 4.54. The third-order valence-corrected chi connectivity index (χ3v) is 6.60. The van der Waals surface area contributed by atoms with Gasteiger partial charge in [0.15, 0.2) is 0 Å². The lowest BCUT2D eigenvalue weighted by Crippen LogP contribution is -2.54. The van der Waals surface area contributed by atoms with Gasteiger partial charge in [-0.1, -0.05) is 36.4 Å². The van der Waals surface area contributed by atoms with Gasteiger partial charge in [-0.25, -0.2) is 9.18 Å². The van der Waals surface area contributed by atoms with Crippen molar-refractivity contribution in [2.45, 2.75) is 31.6 Å². The van der Waals surface area contributed by atoms with Gasteiger partial charge in [0.25, 0.3) is 5.91 Å². The van der Waals surface area contributed by atoms with Crippen molar-refractivity contribution in [3.63, 3.8) is 0 Å². The number of likely N-dealkylation sites (tertiary alicyclic amines) is 1. The molecule has 0 atom stereocenters. The summed E-state index contributed by atoms with van der Waals surface area (Å²) in [5, 5.41) is 10.4.